The molecule has 4 heteroatoms. The minimum absolute atomic E-state index is 0.00638. The van der Waals surface area contributed by atoms with Gasteiger partial charge >= 0.3 is 0 Å². The summed E-state index contributed by atoms with van der Waals surface area (Å²) in [7, 11) is 0. The molecule has 0 unspecified atom stereocenters. The van der Waals surface area contributed by atoms with Gasteiger partial charge in [0, 0.05) is 16.6 Å². The molecule has 116 valence electrons. The number of carbonyl (C=O) groups excluding carboxylic acids is 1. The Morgan fingerprint density at radius 3 is 2.59 bits per heavy atom. The van der Waals surface area contributed by atoms with Crippen molar-refractivity contribution in [2.24, 2.45) is 0 Å². The fourth-order valence-electron chi connectivity index (χ4n) is 2.03. The van der Waals surface area contributed by atoms with Crippen LogP contribution in [0.4, 0.5) is 5.69 Å². The number of rotatable bonds is 6. The molecule has 2 rings (SSSR count). The Kier molecular flexibility index (Phi) is 6.01. The first-order valence-corrected chi connectivity index (χ1v) is 8.09. The van der Waals surface area contributed by atoms with Crippen molar-refractivity contribution in [1.82, 2.24) is 0 Å². The number of halogens is 1. The number of benzene rings is 2. The van der Waals surface area contributed by atoms with Crippen LogP contribution in [0.25, 0.3) is 0 Å². The van der Waals surface area contributed by atoms with Gasteiger partial charge in [-0.05, 0) is 61.7 Å². The molecule has 22 heavy (non-hydrogen) atoms. The first kappa shape index (κ1) is 16.6. The summed E-state index contributed by atoms with van der Waals surface area (Å²) in [6.45, 7) is 4.60. The number of ether oxygens (including phenoxy) is 1. The largest absolute Gasteiger partial charge is 0.493 e. The van der Waals surface area contributed by atoms with E-state index in [0.717, 1.165) is 21.5 Å². The van der Waals surface area contributed by atoms with E-state index >= 15 is 0 Å². The van der Waals surface area contributed by atoms with Gasteiger partial charge < -0.3 is 10.1 Å². The summed E-state index contributed by atoms with van der Waals surface area (Å²) in [6.07, 6.45) is 1.14. The van der Waals surface area contributed by atoms with Crippen LogP contribution in [0.5, 0.6) is 5.75 Å². The smallest absolute Gasteiger partial charge is 0.224 e. The molecule has 2 aromatic rings. The summed E-state index contributed by atoms with van der Waals surface area (Å²) in [4.78, 5) is 11.9. The van der Waals surface area contributed by atoms with Crippen LogP contribution in [0.3, 0.4) is 0 Å². The summed E-state index contributed by atoms with van der Waals surface area (Å²) in [5.41, 5.74) is 3.10. The van der Waals surface area contributed by atoms with Crippen LogP contribution in [-0.4, -0.2) is 12.5 Å². The fourth-order valence-corrected chi connectivity index (χ4v) is 2.30. The lowest BCUT2D eigenvalue weighted by Crippen LogP contribution is -2.12. The normalized spacial score (nSPS) is 10.3. The van der Waals surface area contributed by atoms with E-state index < -0.39 is 0 Å². The Hall–Kier alpha value is -1.81. The van der Waals surface area contributed by atoms with Gasteiger partial charge in [-0.3, -0.25) is 4.79 Å². The maximum absolute atomic E-state index is 11.9. The highest BCUT2D eigenvalue weighted by molar-refractivity contribution is 9.10. The quantitative estimate of drug-likeness (QED) is 0.745. The van der Waals surface area contributed by atoms with E-state index in [4.69, 9.17) is 4.74 Å². The van der Waals surface area contributed by atoms with Crippen LogP contribution in [0, 0.1) is 13.8 Å². The molecule has 0 aliphatic rings. The molecule has 0 fully saturated rings. The first-order chi connectivity index (χ1) is 10.5. The number of hydrogen-bond donors (Lipinski definition) is 1. The molecule has 2 aromatic carbocycles. The van der Waals surface area contributed by atoms with Gasteiger partial charge in [-0.2, -0.15) is 0 Å². The maximum atomic E-state index is 11.9. The minimum atomic E-state index is 0.00638. The van der Waals surface area contributed by atoms with E-state index in [2.05, 4.69) is 27.3 Å². The van der Waals surface area contributed by atoms with E-state index in [1.54, 1.807) is 0 Å². The molecule has 0 atom stereocenters. The highest BCUT2D eigenvalue weighted by atomic mass is 79.9. The molecule has 0 heterocycles. The molecular weight excluding hydrogens is 342 g/mol. The lowest BCUT2D eigenvalue weighted by atomic mass is 10.1. The van der Waals surface area contributed by atoms with E-state index in [9.17, 15) is 4.79 Å². The van der Waals surface area contributed by atoms with Crippen molar-refractivity contribution in [3.63, 3.8) is 0 Å². The van der Waals surface area contributed by atoms with Crippen molar-refractivity contribution in [3.05, 3.63) is 58.1 Å². The Labute approximate surface area is 139 Å². The molecule has 0 aromatic heterocycles. The molecule has 0 radical (unpaired) electrons. The zero-order chi connectivity index (χ0) is 15.9. The molecule has 0 aliphatic heterocycles. The van der Waals surface area contributed by atoms with E-state index in [1.807, 2.05) is 50.2 Å². The van der Waals surface area contributed by atoms with Crippen molar-refractivity contribution >= 4 is 27.5 Å². The van der Waals surface area contributed by atoms with Crippen LogP contribution in [0.1, 0.15) is 24.0 Å². The molecule has 1 amide bonds. The number of nitrogens with one attached hydrogen (secondary N) is 1. The molecule has 0 saturated heterocycles. The van der Waals surface area contributed by atoms with Crippen molar-refractivity contribution in [3.8, 4) is 5.75 Å². The Morgan fingerprint density at radius 2 is 1.86 bits per heavy atom. The standard InChI is InChI=1S/C18H20BrNO2/c1-13-5-6-14(2)17(12-13)22-11-3-4-18(21)20-16-9-7-15(19)8-10-16/h5-10,12H,3-4,11H2,1-2H3,(H,20,21). The van der Waals surface area contributed by atoms with Gasteiger partial charge in [0.2, 0.25) is 5.91 Å². The van der Waals surface area contributed by atoms with Gasteiger partial charge in [0.1, 0.15) is 5.75 Å². The summed E-state index contributed by atoms with van der Waals surface area (Å²) >= 11 is 3.37. The summed E-state index contributed by atoms with van der Waals surface area (Å²) < 4.78 is 6.74. The topological polar surface area (TPSA) is 38.3 Å². The zero-order valence-corrected chi connectivity index (χ0v) is 14.4. The minimum Gasteiger partial charge on any atom is -0.493 e. The summed E-state index contributed by atoms with van der Waals surface area (Å²) in [5.74, 6) is 0.903. The molecule has 3 nitrogen and oxygen atoms in total. The second kappa shape index (κ2) is 7.99. The van der Waals surface area contributed by atoms with Gasteiger partial charge in [-0.25, -0.2) is 0 Å². The molecule has 0 aliphatic carbocycles. The number of hydrogen-bond acceptors (Lipinski definition) is 2. The van der Waals surface area contributed by atoms with Crippen LogP contribution in [0.2, 0.25) is 0 Å². The van der Waals surface area contributed by atoms with Gasteiger partial charge in [0.25, 0.3) is 0 Å². The molecule has 0 bridgehead atoms. The van der Waals surface area contributed by atoms with Crippen LogP contribution in [0.15, 0.2) is 46.9 Å². The second-order valence-corrected chi connectivity index (χ2v) is 6.19. The highest BCUT2D eigenvalue weighted by Gasteiger charge is 2.04. The molecule has 0 spiro atoms. The van der Waals surface area contributed by atoms with Crippen molar-refractivity contribution in [2.45, 2.75) is 26.7 Å². The number of carbonyl (C=O) groups is 1. The summed E-state index contributed by atoms with van der Waals surface area (Å²) in [5, 5.41) is 2.87. The lowest BCUT2D eigenvalue weighted by Gasteiger charge is -2.10. The van der Waals surface area contributed by atoms with E-state index in [-0.39, 0.29) is 5.91 Å². The van der Waals surface area contributed by atoms with E-state index in [1.165, 1.54) is 5.56 Å². The van der Waals surface area contributed by atoms with Crippen molar-refractivity contribution in [1.29, 1.82) is 0 Å². The predicted molar refractivity (Wildman–Crippen MR) is 93.4 cm³/mol. The average Bonchev–Trinajstić information content (AvgIpc) is 2.49. The van der Waals surface area contributed by atoms with Gasteiger partial charge in [0.15, 0.2) is 0 Å². The maximum Gasteiger partial charge on any atom is 0.224 e. The number of amides is 1. The third kappa shape index (κ3) is 5.19. The third-order valence-corrected chi connectivity index (χ3v) is 3.81. The third-order valence-electron chi connectivity index (χ3n) is 3.28. The van der Waals surface area contributed by atoms with Gasteiger partial charge in [-0.15, -0.1) is 0 Å². The molecular formula is C18H20BrNO2. The monoisotopic (exact) mass is 361 g/mol. The van der Waals surface area contributed by atoms with Crippen LogP contribution >= 0.6 is 15.9 Å². The Morgan fingerprint density at radius 1 is 1.14 bits per heavy atom. The number of aryl methyl sites for hydroxylation is 2. The highest BCUT2D eigenvalue weighted by Crippen LogP contribution is 2.19. The predicted octanol–water partition coefficient (Wildman–Crippen LogP) is 4.86. The van der Waals surface area contributed by atoms with Crippen LogP contribution in [-0.2, 0) is 4.79 Å². The fraction of sp³-hybridized carbons (Fsp3) is 0.278. The van der Waals surface area contributed by atoms with Crippen molar-refractivity contribution in [2.75, 3.05) is 11.9 Å². The first-order valence-electron chi connectivity index (χ1n) is 7.30. The number of anilines is 1. The SMILES string of the molecule is Cc1ccc(C)c(OCCCC(=O)Nc2ccc(Br)cc2)c1. The summed E-state index contributed by atoms with van der Waals surface area (Å²) in [6, 6.07) is 13.7. The molecule has 0 saturated carbocycles. The second-order valence-electron chi connectivity index (χ2n) is 5.28. The average molecular weight is 362 g/mol. The lowest BCUT2D eigenvalue weighted by molar-refractivity contribution is -0.116. The molecule has 1 N–H and O–H groups in total. The Bertz CT molecular complexity index is 638. The van der Waals surface area contributed by atoms with Crippen molar-refractivity contribution < 1.29 is 9.53 Å². The van der Waals surface area contributed by atoms with Gasteiger partial charge in [0.05, 0.1) is 6.61 Å². The Balaban J connectivity index is 1.73. The van der Waals surface area contributed by atoms with Gasteiger partial charge in [-0.1, -0.05) is 28.1 Å². The zero-order valence-electron chi connectivity index (χ0n) is 12.9. The van der Waals surface area contributed by atoms with E-state index in [0.29, 0.717) is 19.4 Å². The van der Waals surface area contributed by atoms with Crippen LogP contribution < -0.4 is 10.1 Å².